The first-order valence-electron chi connectivity index (χ1n) is 5.96. The van der Waals surface area contributed by atoms with Crippen molar-refractivity contribution in [1.82, 2.24) is 5.32 Å². The molecule has 0 spiro atoms. The van der Waals surface area contributed by atoms with Crippen molar-refractivity contribution in [2.75, 3.05) is 20.3 Å². The zero-order chi connectivity index (χ0) is 14.3. The average molecular weight is 290 g/mol. The van der Waals surface area contributed by atoms with E-state index < -0.39 is 17.8 Å². The molecule has 0 fully saturated rings. The molecule has 106 valence electrons. The Bertz CT molecular complexity index is 428. The van der Waals surface area contributed by atoms with Crippen molar-refractivity contribution in [3.05, 3.63) is 34.6 Å². The van der Waals surface area contributed by atoms with Crippen LogP contribution in [0.5, 0.6) is 0 Å². The lowest BCUT2D eigenvalue weighted by Crippen LogP contribution is -2.30. The normalized spacial score (nSPS) is 12.2. The Balaban J connectivity index is 2.47. The van der Waals surface area contributed by atoms with E-state index in [1.165, 1.54) is 12.1 Å². The fraction of sp³-hybridized carbons (Fsp3) is 0.462. The maximum atomic E-state index is 13.5. The van der Waals surface area contributed by atoms with E-state index in [9.17, 15) is 14.3 Å². The van der Waals surface area contributed by atoms with Crippen molar-refractivity contribution in [3.63, 3.8) is 0 Å². The van der Waals surface area contributed by atoms with Crippen LogP contribution in [0.2, 0.25) is 5.02 Å². The molecule has 0 aliphatic rings. The van der Waals surface area contributed by atoms with Crippen LogP contribution < -0.4 is 5.32 Å². The van der Waals surface area contributed by atoms with Gasteiger partial charge in [0.2, 0.25) is 0 Å². The first-order valence-corrected chi connectivity index (χ1v) is 6.33. The quantitative estimate of drug-likeness (QED) is 0.756. The number of hydrogen-bond acceptors (Lipinski definition) is 3. The highest BCUT2D eigenvalue weighted by Gasteiger charge is 2.20. The van der Waals surface area contributed by atoms with Gasteiger partial charge in [-0.05, 0) is 25.0 Å². The van der Waals surface area contributed by atoms with E-state index in [0.717, 1.165) is 18.9 Å². The van der Waals surface area contributed by atoms with Gasteiger partial charge in [0, 0.05) is 30.8 Å². The summed E-state index contributed by atoms with van der Waals surface area (Å²) in [5, 5.41) is 12.5. The lowest BCUT2D eigenvalue weighted by Gasteiger charge is -2.12. The number of carbonyl (C=O) groups excluding carboxylic acids is 1. The maximum Gasteiger partial charge on any atom is 0.253 e. The monoisotopic (exact) mass is 289 g/mol. The SMILES string of the molecule is COCCCCNC(=O)[C@H](O)c1ccc(Cl)cc1F. The Labute approximate surface area is 116 Å². The number of ether oxygens (including phenoxy) is 1. The lowest BCUT2D eigenvalue weighted by molar-refractivity contribution is -0.129. The molecule has 0 unspecified atom stereocenters. The van der Waals surface area contributed by atoms with E-state index in [1.54, 1.807) is 7.11 Å². The summed E-state index contributed by atoms with van der Waals surface area (Å²) in [6.45, 7) is 1.03. The summed E-state index contributed by atoms with van der Waals surface area (Å²) in [6.07, 6.45) is 0.0112. The molecule has 0 aliphatic carbocycles. The van der Waals surface area contributed by atoms with Crippen LogP contribution in [0.1, 0.15) is 24.5 Å². The molecule has 1 aromatic carbocycles. The fourth-order valence-electron chi connectivity index (χ4n) is 1.54. The van der Waals surface area contributed by atoms with Crippen molar-refractivity contribution in [1.29, 1.82) is 0 Å². The molecular formula is C13H17ClFNO3. The summed E-state index contributed by atoms with van der Waals surface area (Å²) in [4.78, 5) is 11.6. The van der Waals surface area contributed by atoms with E-state index in [-0.39, 0.29) is 10.6 Å². The summed E-state index contributed by atoms with van der Waals surface area (Å²) in [5.74, 6) is -1.33. The standard InChI is InChI=1S/C13H17ClFNO3/c1-19-7-3-2-6-16-13(18)12(17)10-5-4-9(14)8-11(10)15/h4-5,8,12,17H,2-3,6-7H2,1H3,(H,16,18)/t12-/m1/s1. The van der Waals surface area contributed by atoms with Crippen LogP contribution in [-0.2, 0) is 9.53 Å². The second-order valence-corrected chi connectivity index (χ2v) is 4.50. The van der Waals surface area contributed by atoms with Crippen molar-refractivity contribution >= 4 is 17.5 Å². The van der Waals surface area contributed by atoms with Crippen LogP contribution in [-0.4, -0.2) is 31.3 Å². The molecule has 1 amide bonds. The second-order valence-electron chi connectivity index (χ2n) is 4.06. The lowest BCUT2D eigenvalue weighted by atomic mass is 10.1. The van der Waals surface area contributed by atoms with Crippen LogP contribution in [0.15, 0.2) is 18.2 Å². The number of amides is 1. The molecule has 0 saturated heterocycles. The van der Waals surface area contributed by atoms with E-state index in [0.29, 0.717) is 13.2 Å². The third kappa shape index (κ3) is 5.14. The molecule has 1 aromatic rings. The zero-order valence-electron chi connectivity index (χ0n) is 10.7. The minimum absolute atomic E-state index is 0.0845. The topological polar surface area (TPSA) is 58.6 Å². The molecule has 0 heterocycles. The van der Waals surface area contributed by atoms with Gasteiger partial charge in [0.25, 0.3) is 5.91 Å². The van der Waals surface area contributed by atoms with Crippen LogP contribution in [0.25, 0.3) is 0 Å². The highest BCUT2D eigenvalue weighted by molar-refractivity contribution is 6.30. The third-order valence-corrected chi connectivity index (χ3v) is 2.82. The van der Waals surface area contributed by atoms with Crippen molar-refractivity contribution in [2.45, 2.75) is 18.9 Å². The van der Waals surface area contributed by atoms with Gasteiger partial charge in [-0.15, -0.1) is 0 Å². The van der Waals surface area contributed by atoms with Gasteiger partial charge in [-0.3, -0.25) is 4.79 Å². The number of halogens is 2. The third-order valence-electron chi connectivity index (χ3n) is 2.58. The van der Waals surface area contributed by atoms with Gasteiger partial charge in [0.05, 0.1) is 0 Å². The molecule has 0 bridgehead atoms. The van der Waals surface area contributed by atoms with Crippen molar-refractivity contribution < 1.29 is 19.0 Å². The number of unbranched alkanes of at least 4 members (excludes halogenated alkanes) is 1. The highest BCUT2D eigenvalue weighted by Crippen LogP contribution is 2.20. The van der Waals surface area contributed by atoms with Crippen molar-refractivity contribution in [2.24, 2.45) is 0 Å². The van der Waals surface area contributed by atoms with Gasteiger partial charge in [0.1, 0.15) is 5.82 Å². The Morgan fingerprint density at radius 1 is 1.53 bits per heavy atom. The number of hydrogen-bond donors (Lipinski definition) is 2. The molecule has 1 rings (SSSR count). The zero-order valence-corrected chi connectivity index (χ0v) is 11.4. The Hall–Kier alpha value is -1.17. The van der Waals surface area contributed by atoms with E-state index >= 15 is 0 Å². The number of aliphatic hydroxyl groups is 1. The Morgan fingerprint density at radius 2 is 2.26 bits per heavy atom. The number of aliphatic hydroxyl groups excluding tert-OH is 1. The van der Waals surface area contributed by atoms with E-state index in [2.05, 4.69) is 5.32 Å². The number of carbonyl (C=O) groups is 1. The van der Waals surface area contributed by atoms with E-state index in [4.69, 9.17) is 16.3 Å². The maximum absolute atomic E-state index is 13.5. The van der Waals surface area contributed by atoms with Crippen molar-refractivity contribution in [3.8, 4) is 0 Å². The van der Waals surface area contributed by atoms with Crippen LogP contribution in [0, 0.1) is 5.82 Å². The molecular weight excluding hydrogens is 273 g/mol. The smallest absolute Gasteiger partial charge is 0.253 e. The number of nitrogens with one attached hydrogen (secondary N) is 1. The van der Waals surface area contributed by atoms with Crippen LogP contribution in [0.4, 0.5) is 4.39 Å². The molecule has 1 atom stereocenters. The summed E-state index contributed by atoms with van der Waals surface area (Å²) >= 11 is 5.60. The van der Waals surface area contributed by atoms with Gasteiger partial charge in [0.15, 0.2) is 6.10 Å². The molecule has 19 heavy (non-hydrogen) atoms. The van der Waals surface area contributed by atoms with Gasteiger partial charge in [-0.1, -0.05) is 17.7 Å². The molecule has 2 N–H and O–H groups in total. The van der Waals surface area contributed by atoms with E-state index in [1.807, 2.05) is 0 Å². The predicted molar refractivity (Wildman–Crippen MR) is 70.5 cm³/mol. The predicted octanol–water partition coefficient (Wildman–Crippen LogP) is 2.06. The Kier molecular flexibility index (Phi) is 6.77. The number of methoxy groups -OCH3 is 1. The molecule has 4 nitrogen and oxygen atoms in total. The van der Waals surface area contributed by atoms with Gasteiger partial charge >= 0.3 is 0 Å². The molecule has 0 radical (unpaired) electrons. The molecule has 0 saturated carbocycles. The van der Waals surface area contributed by atoms with Gasteiger partial charge in [-0.25, -0.2) is 4.39 Å². The van der Waals surface area contributed by atoms with Crippen LogP contribution >= 0.6 is 11.6 Å². The van der Waals surface area contributed by atoms with Gasteiger partial charge < -0.3 is 15.2 Å². The minimum Gasteiger partial charge on any atom is -0.385 e. The summed E-state index contributed by atoms with van der Waals surface area (Å²) < 4.78 is 18.4. The van der Waals surface area contributed by atoms with Gasteiger partial charge in [-0.2, -0.15) is 0 Å². The fourth-order valence-corrected chi connectivity index (χ4v) is 1.70. The summed E-state index contributed by atoms with van der Waals surface area (Å²) in [5.41, 5.74) is -0.0845. The first kappa shape index (κ1) is 15.9. The average Bonchev–Trinajstić information content (AvgIpc) is 2.37. The largest absolute Gasteiger partial charge is 0.385 e. The highest BCUT2D eigenvalue weighted by atomic mass is 35.5. The number of benzene rings is 1. The first-order chi connectivity index (χ1) is 9.06. The minimum atomic E-state index is -1.53. The van der Waals surface area contributed by atoms with Crippen LogP contribution in [0.3, 0.4) is 0 Å². The summed E-state index contributed by atoms with van der Waals surface area (Å²) in [6, 6.07) is 3.79. The Morgan fingerprint density at radius 3 is 2.89 bits per heavy atom. The number of rotatable bonds is 7. The molecule has 0 aromatic heterocycles. The molecule has 6 heteroatoms. The summed E-state index contributed by atoms with van der Waals surface area (Å²) in [7, 11) is 1.60. The molecule has 0 aliphatic heterocycles. The second kappa shape index (κ2) is 8.09.